The molecular weight excluding hydrogens is 295 g/mol. The van der Waals surface area contributed by atoms with E-state index in [0.29, 0.717) is 6.54 Å². The standard InChI is InChI=1S/C12H13BrF3N/c13-11(12(14,15)16)8-17-7-3-5-9-4-1-2-6-10(9)17/h1-2,4,6,11H,3,5,7-8H2. The van der Waals surface area contributed by atoms with Gasteiger partial charge in [-0.25, -0.2) is 0 Å². The Bertz CT molecular complexity index is 392. The molecule has 1 aliphatic rings. The third-order valence-electron chi connectivity index (χ3n) is 2.94. The third-order valence-corrected chi connectivity index (χ3v) is 3.75. The number of aryl methyl sites for hydroxylation is 1. The van der Waals surface area contributed by atoms with Gasteiger partial charge in [-0.1, -0.05) is 34.1 Å². The first-order valence-electron chi connectivity index (χ1n) is 5.52. The average molecular weight is 308 g/mol. The Morgan fingerprint density at radius 3 is 2.71 bits per heavy atom. The highest BCUT2D eigenvalue weighted by Gasteiger charge is 2.39. The fraction of sp³-hybridized carbons (Fsp3) is 0.500. The van der Waals surface area contributed by atoms with Gasteiger partial charge in [0.2, 0.25) is 0 Å². The first kappa shape index (κ1) is 12.7. The van der Waals surface area contributed by atoms with E-state index in [2.05, 4.69) is 15.9 Å². The van der Waals surface area contributed by atoms with Crippen LogP contribution in [0.2, 0.25) is 0 Å². The molecule has 0 bridgehead atoms. The number of hydrogen-bond donors (Lipinski definition) is 0. The Kier molecular flexibility index (Phi) is 3.66. The normalized spacial score (nSPS) is 17.8. The van der Waals surface area contributed by atoms with Crippen molar-refractivity contribution in [2.45, 2.75) is 23.8 Å². The Hall–Kier alpha value is -0.710. The van der Waals surface area contributed by atoms with Gasteiger partial charge >= 0.3 is 6.18 Å². The first-order valence-corrected chi connectivity index (χ1v) is 6.43. The summed E-state index contributed by atoms with van der Waals surface area (Å²) in [5.41, 5.74) is 2.08. The van der Waals surface area contributed by atoms with Crippen LogP contribution in [-0.4, -0.2) is 24.1 Å². The number of benzene rings is 1. The molecule has 0 radical (unpaired) electrons. The Morgan fingerprint density at radius 2 is 2.00 bits per heavy atom. The van der Waals surface area contributed by atoms with Gasteiger partial charge in [-0.2, -0.15) is 13.2 Å². The van der Waals surface area contributed by atoms with E-state index in [0.717, 1.165) is 24.1 Å². The van der Waals surface area contributed by atoms with Crippen LogP contribution in [0.1, 0.15) is 12.0 Å². The SMILES string of the molecule is FC(F)(F)C(Br)CN1CCCc2ccccc21. The van der Waals surface area contributed by atoms with Crippen LogP contribution >= 0.6 is 15.9 Å². The third kappa shape index (κ3) is 2.94. The van der Waals surface area contributed by atoms with E-state index in [1.165, 1.54) is 0 Å². The monoisotopic (exact) mass is 307 g/mol. The van der Waals surface area contributed by atoms with Crippen molar-refractivity contribution < 1.29 is 13.2 Å². The lowest BCUT2D eigenvalue weighted by molar-refractivity contribution is -0.125. The molecule has 1 heterocycles. The predicted octanol–water partition coefficient (Wildman–Crippen LogP) is 3.77. The molecule has 94 valence electrons. The van der Waals surface area contributed by atoms with Crippen molar-refractivity contribution in [1.29, 1.82) is 0 Å². The van der Waals surface area contributed by atoms with E-state index < -0.39 is 11.0 Å². The summed E-state index contributed by atoms with van der Waals surface area (Å²) in [7, 11) is 0. The summed E-state index contributed by atoms with van der Waals surface area (Å²) in [5, 5.41) is 0. The second-order valence-electron chi connectivity index (χ2n) is 4.19. The van der Waals surface area contributed by atoms with Crippen molar-refractivity contribution in [3.63, 3.8) is 0 Å². The van der Waals surface area contributed by atoms with Crippen molar-refractivity contribution in [3.05, 3.63) is 29.8 Å². The lowest BCUT2D eigenvalue weighted by Gasteiger charge is -2.33. The Morgan fingerprint density at radius 1 is 1.29 bits per heavy atom. The number of anilines is 1. The molecule has 2 rings (SSSR count). The minimum atomic E-state index is -4.19. The smallest absolute Gasteiger partial charge is 0.370 e. The second kappa shape index (κ2) is 4.88. The van der Waals surface area contributed by atoms with Gasteiger partial charge in [-0.3, -0.25) is 0 Å². The zero-order valence-corrected chi connectivity index (χ0v) is 10.8. The largest absolute Gasteiger partial charge is 0.402 e. The molecule has 1 aromatic rings. The molecule has 1 nitrogen and oxygen atoms in total. The quantitative estimate of drug-likeness (QED) is 0.752. The topological polar surface area (TPSA) is 3.24 Å². The number of fused-ring (bicyclic) bond motifs is 1. The molecule has 1 atom stereocenters. The van der Waals surface area contributed by atoms with E-state index in [-0.39, 0.29) is 6.54 Å². The van der Waals surface area contributed by atoms with Crippen molar-refractivity contribution in [2.75, 3.05) is 18.0 Å². The number of rotatable bonds is 2. The maximum absolute atomic E-state index is 12.5. The lowest BCUT2D eigenvalue weighted by atomic mass is 10.0. The number of halogens is 4. The van der Waals surface area contributed by atoms with E-state index in [1.54, 1.807) is 0 Å². The van der Waals surface area contributed by atoms with Gasteiger partial charge in [-0.05, 0) is 24.5 Å². The van der Waals surface area contributed by atoms with E-state index in [9.17, 15) is 13.2 Å². The molecule has 0 aromatic heterocycles. The van der Waals surface area contributed by atoms with Gasteiger partial charge in [0.1, 0.15) is 4.83 Å². The van der Waals surface area contributed by atoms with Crippen molar-refractivity contribution >= 4 is 21.6 Å². The molecule has 0 N–H and O–H groups in total. The molecule has 1 unspecified atom stereocenters. The molecule has 0 saturated carbocycles. The van der Waals surface area contributed by atoms with Gasteiger partial charge in [0.05, 0.1) is 0 Å². The van der Waals surface area contributed by atoms with Crippen LogP contribution in [0.3, 0.4) is 0 Å². The summed E-state index contributed by atoms with van der Waals surface area (Å²) in [5.74, 6) is 0. The highest BCUT2D eigenvalue weighted by molar-refractivity contribution is 9.09. The maximum atomic E-state index is 12.5. The zero-order valence-electron chi connectivity index (χ0n) is 9.17. The summed E-state index contributed by atoms with van der Waals surface area (Å²) in [6, 6.07) is 7.68. The van der Waals surface area contributed by atoms with E-state index in [4.69, 9.17) is 0 Å². The van der Waals surface area contributed by atoms with Crippen LogP contribution in [0.4, 0.5) is 18.9 Å². The summed E-state index contributed by atoms with van der Waals surface area (Å²) in [6.45, 7) is 0.662. The van der Waals surface area contributed by atoms with E-state index >= 15 is 0 Å². The summed E-state index contributed by atoms with van der Waals surface area (Å²) in [4.78, 5) is 0.340. The number of hydrogen-bond acceptors (Lipinski definition) is 1. The van der Waals surface area contributed by atoms with Crippen molar-refractivity contribution in [3.8, 4) is 0 Å². The van der Waals surface area contributed by atoms with Crippen molar-refractivity contribution in [1.82, 2.24) is 0 Å². The minimum Gasteiger partial charge on any atom is -0.370 e. The molecule has 1 aliphatic heterocycles. The molecule has 5 heteroatoms. The van der Waals surface area contributed by atoms with Crippen LogP contribution in [0.15, 0.2) is 24.3 Å². The van der Waals surface area contributed by atoms with Crippen LogP contribution in [0.25, 0.3) is 0 Å². The van der Waals surface area contributed by atoms with Crippen LogP contribution in [0, 0.1) is 0 Å². The minimum absolute atomic E-state index is 0.0273. The summed E-state index contributed by atoms with van der Waals surface area (Å²) < 4.78 is 37.5. The molecule has 0 amide bonds. The maximum Gasteiger partial charge on any atom is 0.402 e. The van der Waals surface area contributed by atoms with Crippen LogP contribution in [0.5, 0.6) is 0 Å². The summed E-state index contributed by atoms with van der Waals surface area (Å²) >= 11 is 2.72. The van der Waals surface area contributed by atoms with Crippen LogP contribution < -0.4 is 4.90 Å². The van der Waals surface area contributed by atoms with Crippen LogP contribution in [-0.2, 0) is 6.42 Å². The van der Waals surface area contributed by atoms with Gasteiger partial charge in [0.25, 0.3) is 0 Å². The zero-order chi connectivity index (χ0) is 12.5. The molecular formula is C12H13BrF3N. The fourth-order valence-electron chi connectivity index (χ4n) is 2.10. The van der Waals surface area contributed by atoms with Gasteiger partial charge in [0, 0.05) is 18.8 Å². The first-order chi connectivity index (χ1) is 7.98. The highest BCUT2D eigenvalue weighted by Crippen LogP contribution is 2.31. The molecule has 17 heavy (non-hydrogen) atoms. The van der Waals surface area contributed by atoms with Gasteiger partial charge in [-0.15, -0.1) is 0 Å². The lowest BCUT2D eigenvalue weighted by Crippen LogP contribution is -2.39. The highest BCUT2D eigenvalue weighted by atomic mass is 79.9. The fourth-order valence-corrected chi connectivity index (χ4v) is 2.45. The molecule has 0 saturated heterocycles. The van der Waals surface area contributed by atoms with Crippen molar-refractivity contribution in [2.24, 2.45) is 0 Å². The van der Waals surface area contributed by atoms with Gasteiger partial charge in [0.15, 0.2) is 0 Å². The number of para-hydroxylation sites is 1. The average Bonchev–Trinajstić information content (AvgIpc) is 2.28. The Labute approximate surface area is 107 Å². The number of nitrogens with zero attached hydrogens (tertiary/aromatic N) is 1. The number of alkyl halides is 4. The molecule has 0 spiro atoms. The second-order valence-corrected chi connectivity index (χ2v) is 5.29. The van der Waals surface area contributed by atoms with Gasteiger partial charge < -0.3 is 4.90 Å². The predicted molar refractivity (Wildman–Crippen MR) is 65.7 cm³/mol. The molecule has 0 aliphatic carbocycles. The molecule has 0 fully saturated rings. The summed E-state index contributed by atoms with van der Waals surface area (Å²) in [6.07, 6.45) is -2.33. The Balaban J connectivity index is 2.14. The molecule has 1 aromatic carbocycles. The van der Waals surface area contributed by atoms with E-state index in [1.807, 2.05) is 29.2 Å².